The van der Waals surface area contributed by atoms with E-state index in [-0.39, 0.29) is 18.9 Å². The number of benzene rings is 1. The molecule has 0 saturated carbocycles. The van der Waals surface area contributed by atoms with Crippen molar-refractivity contribution in [2.75, 3.05) is 19.6 Å². The second-order valence-corrected chi connectivity index (χ2v) is 4.93. The van der Waals surface area contributed by atoms with Gasteiger partial charge >= 0.3 is 12.0 Å². The minimum atomic E-state index is -0.959. The molecule has 0 bridgehead atoms. The van der Waals surface area contributed by atoms with Crippen LogP contribution in [0.3, 0.4) is 0 Å². The van der Waals surface area contributed by atoms with Gasteiger partial charge in [0.15, 0.2) is 0 Å². The van der Waals surface area contributed by atoms with Gasteiger partial charge < -0.3 is 20.6 Å². The quantitative estimate of drug-likeness (QED) is 0.675. The van der Waals surface area contributed by atoms with Crippen LogP contribution in [0, 0.1) is 0 Å². The number of nitrogens with one attached hydrogen (secondary N) is 2. The Balaban J connectivity index is 2.46. The Labute approximate surface area is 135 Å². The minimum Gasteiger partial charge on any atom is -0.481 e. The highest BCUT2D eigenvalue weighted by molar-refractivity contribution is 5.94. The van der Waals surface area contributed by atoms with Crippen molar-refractivity contribution in [3.05, 3.63) is 35.4 Å². The fourth-order valence-corrected chi connectivity index (χ4v) is 1.99. The molecule has 0 unspecified atom stereocenters. The van der Waals surface area contributed by atoms with Gasteiger partial charge in [-0.05, 0) is 31.5 Å². The summed E-state index contributed by atoms with van der Waals surface area (Å²) < 4.78 is 0. The molecular formula is C16H23N3O4. The summed E-state index contributed by atoms with van der Waals surface area (Å²) in [7, 11) is 0. The fourth-order valence-electron chi connectivity index (χ4n) is 1.99. The average Bonchev–Trinajstić information content (AvgIpc) is 2.54. The van der Waals surface area contributed by atoms with Gasteiger partial charge in [0.05, 0.1) is 6.42 Å². The number of carboxylic acid groups (broad SMARTS) is 1. The van der Waals surface area contributed by atoms with Crippen LogP contribution >= 0.6 is 0 Å². The van der Waals surface area contributed by atoms with E-state index in [4.69, 9.17) is 5.11 Å². The van der Waals surface area contributed by atoms with E-state index in [1.54, 1.807) is 29.2 Å². The van der Waals surface area contributed by atoms with Crippen molar-refractivity contribution in [2.24, 2.45) is 0 Å². The van der Waals surface area contributed by atoms with Crippen LogP contribution in [-0.4, -0.2) is 47.5 Å². The van der Waals surface area contributed by atoms with Gasteiger partial charge in [-0.15, -0.1) is 0 Å². The molecule has 7 heteroatoms. The standard InChI is InChI=1S/C16H23N3O4/c1-3-19(4-2)15(22)13-7-5-12(6-8-13)11-18-16(23)17-10-9-14(20)21/h5-8H,3-4,9-11H2,1-2H3,(H,20,21)(H2,17,18,23). The molecule has 3 amide bonds. The number of hydrogen-bond donors (Lipinski definition) is 3. The third-order valence-corrected chi connectivity index (χ3v) is 3.33. The second-order valence-electron chi connectivity index (χ2n) is 4.93. The molecule has 0 radical (unpaired) electrons. The predicted octanol–water partition coefficient (Wildman–Crippen LogP) is 1.44. The maximum absolute atomic E-state index is 12.2. The summed E-state index contributed by atoms with van der Waals surface area (Å²) in [6.07, 6.45) is -0.115. The number of carbonyl (C=O) groups excluding carboxylic acids is 2. The number of carbonyl (C=O) groups is 3. The highest BCUT2D eigenvalue weighted by Gasteiger charge is 2.11. The Hall–Kier alpha value is -2.57. The van der Waals surface area contributed by atoms with Gasteiger partial charge in [-0.2, -0.15) is 0 Å². The Morgan fingerprint density at radius 3 is 2.17 bits per heavy atom. The van der Waals surface area contributed by atoms with Crippen molar-refractivity contribution in [3.63, 3.8) is 0 Å². The maximum Gasteiger partial charge on any atom is 0.315 e. The molecule has 7 nitrogen and oxygen atoms in total. The van der Waals surface area contributed by atoms with Crippen molar-refractivity contribution < 1.29 is 19.5 Å². The first-order valence-corrected chi connectivity index (χ1v) is 7.59. The molecule has 23 heavy (non-hydrogen) atoms. The van der Waals surface area contributed by atoms with E-state index in [0.717, 1.165) is 5.56 Å². The van der Waals surface area contributed by atoms with Crippen molar-refractivity contribution in [2.45, 2.75) is 26.8 Å². The van der Waals surface area contributed by atoms with Gasteiger partial charge in [0.1, 0.15) is 0 Å². The molecule has 126 valence electrons. The van der Waals surface area contributed by atoms with E-state index in [1.807, 2.05) is 13.8 Å². The number of hydrogen-bond acceptors (Lipinski definition) is 3. The van der Waals surface area contributed by atoms with Crippen molar-refractivity contribution in [1.82, 2.24) is 15.5 Å². The summed E-state index contributed by atoms with van der Waals surface area (Å²) in [5, 5.41) is 13.6. The summed E-state index contributed by atoms with van der Waals surface area (Å²) in [5.41, 5.74) is 1.47. The van der Waals surface area contributed by atoms with Crippen LogP contribution in [0.15, 0.2) is 24.3 Å². The molecule has 1 aromatic carbocycles. The molecule has 0 heterocycles. The monoisotopic (exact) mass is 321 g/mol. The lowest BCUT2D eigenvalue weighted by atomic mass is 10.1. The van der Waals surface area contributed by atoms with Crippen LogP contribution in [0.4, 0.5) is 4.79 Å². The van der Waals surface area contributed by atoms with Crippen molar-refractivity contribution >= 4 is 17.9 Å². The molecule has 0 aliphatic carbocycles. The molecule has 0 atom stereocenters. The zero-order valence-electron chi connectivity index (χ0n) is 13.5. The molecule has 1 aromatic rings. The van der Waals surface area contributed by atoms with Gasteiger partial charge in [0.25, 0.3) is 5.91 Å². The average molecular weight is 321 g/mol. The van der Waals surface area contributed by atoms with Crippen molar-refractivity contribution in [3.8, 4) is 0 Å². The van der Waals surface area contributed by atoms with Gasteiger partial charge in [-0.1, -0.05) is 12.1 Å². The molecular weight excluding hydrogens is 298 g/mol. The first kappa shape index (κ1) is 18.5. The third-order valence-electron chi connectivity index (χ3n) is 3.33. The van der Waals surface area contributed by atoms with Gasteiger partial charge in [0, 0.05) is 31.7 Å². The lowest BCUT2D eigenvalue weighted by Crippen LogP contribution is -2.36. The Kier molecular flexibility index (Phi) is 7.59. The first-order chi connectivity index (χ1) is 11.0. The summed E-state index contributed by atoms with van der Waals surface area (Å²) in [5.74, 6) is -0.973. The Bertz CT molecular complexity index is 539. The van der Waals surface area contributed by atoms with Gasteiger partial charge in [-0.3, -0.25) is 9.59 Å². The molecule has 3 N–H and O–H groups in total. The Morgan fingerprint density at radius 2 is 1.65 bits per heavy atom. The van der Waals surface area contributed by atoms with Gasteiger partial charge in [0.2, 0.25) is 0 Å². The molecule has 0 aromatic heterocycles. The van der Waals surface area contributed by atoms with E-state index >= 15 is 0 Å². The normalized spacial score (nSPS) is 10.0. The lowest BCUT2D eigenvalue weighted by Gasteiger charge is -2.18. The third kappa shape index (κ3) is 6.37. The Morgan fingerprint density at radius 1 is 1.04 bits per heavy atom. The summed E-state index contributed by atoms with van der Waals surface area (Å²) in [6.45, 7) is 5.58. The molecule has 0 aliphatic heterocycles. The largest absolute Gasteiger partial charge is 0.481 e. The van der Waals surface area contributed by atoms with Crippen LogP contribution in [0.25, 0.3) is 0 Å². The summed E-state index contributed by atoms with van der Waals surface area (Å²) >= 11 is 0. The lowest BCUT2D eigenvalue weighted by molar-refractivity contribution is -0.136. The number of carboxylic acids is 1. The fraction of sp³-hybridized carbons (Fsp3) is 0.438. The van der Waals surface area contributed by atoms with E-state index in [0.29, 0.717) is 25.2 Å². The van der Waals surface area contributed by atoms with Crippen LogP contribution in [0.1, 0.15) is 36.2 Å². The van der Waals surface area contributed by atoms with Crippen LogP contribution in [0.2, 0.25) is 0 Å². The van der Waals surface area contributed by atoms with E-state index in [9.17, 15) is 14.4 Å². The first-order valence-electron chi connectivity index (χ1n) is 7.59. The number of rotatable bonds is 8. The molecule has 0 aliphatic rings. The van der Waals surface area contributed by atoms with E-state index in [1.165, 1.54) is 0 Å². The zero-order chi connectivity index (χ0) is 17.2. The smallest absolute Gasteiger partial charge is 0.315 e. The molecule has 0 fully saturated rings. The summed E-state index contributed by atoms with van der Waals surface area (Å²) in [6, 6.07) is 6.62. The van der Waals surface area contributed by atoms with Crippen molar-refractivity contribution in [1.29, 1.82) is 0 Å². The van der Waals surface area contributed by atoms with Crippen LogP contribution in [0.5, 0.6) is 0 Å². The zero-order valence-corrected chi connectivity index (χ0v) is 13.5. The number of urea groups is 1. The van der Waals surface area contributed by atoms with Gasteiger partial charge in [-0.25, -0.2) is 4.79 Å². The molecule has 0 saturated heterocycles. The molecule has 1 rings (SSSR count). The molecule has 0 spiro atoms. The highest BCUT2D eigenvalue weighted by atomic mass is 16.4. The van der Waals surface area contributed by atoms with Crippen LogP contribution < -0.4 is 10.6 Å². The van der Waals surface area contributed by atoms with Crippen LogP contribution in [-0.2, 0) is 11.3 Å². The number of aliphatic carboxylic acids is 1. The minimum absolute atomic E-state index is 0.0130. The summed E-state index contributed by atoms with van der Waals surface area (Å²) in [4.78, 5) is 35.7. The van der Waals surface area contributed by atoms with E-state index in [2.05, 4.69) is 10.6 Å². The number of amides is 3. The van der Waals surface area contributed by atoms with E-state index < -0.39 is 12.0 Å². The highest BCUT2D eigenvalue weighted by Crippen LogP contribution is 2.07. The topological polar surface area (TPSA) is 98.7 Å². The number of nitrogens with zero attached hydrogens (tertiary/aromatic N) is 1. The SMILES string of the molecule is CCN(CC)C(=O)c1ccc(CNC(=O)NCCC(=O)O)cc1. The second kappa shape index (κ2) is 9.45. The predicted molar refractivity (Wildman–Crippen MR) is 86.2 cm³/mol. The maximum atomic E-state index is 12.2.